The van der Waals surface area contributed by atoms with Crippen LogP contribution < -0.4 is 15.5 Å². The van der Waals surface area contributed by atoms with Crippen LogP contribution in [-0.4, -0.2) is 36.6 Å². The van der Waals surface area contributed by atoms with Gasteiger partial charge in [0.2, 0.25) is 6.10 Å². The lowest BCUT2D eigenvalue weighted by molar-refractivity contribution is -0.129. The van der Waals surface area contributed by atoms with Gasteiger partial charge in [0, 0.05) is 54.0 Å². The first-order valence-electron chi connectivity index (χ1n) is 11.3. The number of anilines is 2. The standard InChI is InChI=1S/C26H27ClN4O3/c27-21-6-8-22(9-7-21)30-26(33)34-24(20-4-2-1-3-5-20)25(32)29-18-19-12-16-31(17-13-19)23-10-14-28-15-11-23/h1-11,14-15,19,24H,12-13,16-18H2,(H,29,32)(H,30,33). The van der Waals surface area contributed by atoms with E-state index in [0.29, 0.717) is 28.7 Å². The zero-order chi connectivity index (χ0) is 23.8. The molecule has 7 nitrogen and oxygen atoms in total. The third-order valence-electron chi connectivity index (χ3n) is 5.86. The van der Waals surface area contributed by atoms with Gasteiger partial charge in [0.05, 0.1) is 0 Å². The minimum atomic E-state index is -1.05. The Balaban J connectivity index is 1.33. The van der Waals surface area contributed by atoms with Crippen LogP contribution in [0.4, 0.5) is 16.2 Å². The SMILES string of the molecule is O=C(Nc1ccc(Cl)cc1)OC(C(=O)NCC1CCN(c2ccncc2)CC1)c1ccccc1. The molecule has 2 N–H and O–H groups in total. The van der Waals surface area contributed by atoms with Crippen molar-refractivity contribution in [3.8, 4) is 0 Å². The predicted octanol–water partition coefficient (Wildman–Crippen LogP) is 5.06. The number of hydrogen-bond acceptors (Lipinski definition) is 5. The molecule has 0 bridgehead atoms. The Labute approximate surface area is 204 Å². The molecule has 0 saturated carbocycles. The van der Waals surface area contributed by atoms with Crippen molar-refractivity contribution in [3.63, 3.8) is 0 Å². The number of piperidine rings is 1. The van der Waals surface area contributed by atoms with Gasteiger partial charge in [0.1, 0.15) is 0 Å². The number of carbonyl (C=O) groups excluding carboxylic acids is 2. The molecule has 1 unspecified atom stereocenters. The van der Waals surface area contributed by atoms with Gasteiger partial charge in [-0.25, -0.2) is 4.79 Å². The van der Waals surface area contributed by atoms with E-state index in [9.17, 15) is 9.59 Å². The van der Waals surface area contributed by atoms with Gasteiger partial charge in [0.25, 0.3) is 5.91 Å². The maximum Gasteiger partial charge on any atom is 0.412 e. The summed E-state index contributed by atoms with van der Waals surface area (Å²) in [6.07, 6.45) is 3.78. The van der Waals surface area contributed by atoms with Crippen molar-refractivity contribution in [3.05, 3.63) is 89.7 Å². The first-order valence-corrected chi connectivity index (χ1v) is 11.7. The fourth-order valence-corrected chi connectivity index (χ4v) is 4.10. The summed E-state index contributed by atoms with van der Waals surface area (Å²) < 4.78 is 5.54. The van der Waals surface area contributed by atoms with Crippen LogP contribution in [0.2, 0.25) is 5.02 Å². The number of benzene rings is 2. The van der Waals surface area contributed by atoms with Crippen LogP contribution >= 0.6 is 11.6 Å². The molecule has 8 heteroatoms. The van der Waals surface area contributed by atoms with E-state index in [-0.39, 0.29) is 5.91 Å². The molecule has 176 valence electrons. The number of ether oxygens (including phenoxy) is 1. The topological polar surface area (TPSA) is 83.6 Å². The zero-order valence-electron chi connectivity index (χ0n) is 18.7. The Morgan fingerprint density at radius 3 is 2.35 bits per heavy atom. The number of halogens is 1. The minimum absolute atomic E-state index is 0.339. The summed E-state index contributed by atoms with van der Waals surface area (Å²) in [7, 11) is 0. The molecule has 1 aliphatic rings. The molecule has 4 rings (SSSR count). The van der Waals surface area contributed by atoms with Crippen molar-refractivity contribution in [2.24, 2.45) is 5.92 Å². The van der Waals surface area contributed by atoms with Crippen LogP contribution in [0.1, 0.15) is 24.5 Å². The Kier molecular flexibility index (Phi) is 7.99. The van der Waals surface area contributed by atoms with Crippen molar-refractivity contribution < 1.29 is 14.3 Å². The van der Waals surface area contributed by atoms with E-state index in [1.54, 1.807) is 48.8 Å². The van der Waals surface area contributed by atoms with Crippen molar-refractivity contribution in [2.45, 2.75) is 18.9 Å². The largest absolute Gasteiger partial charge is 0.431 e. The molecule has 1 aromatic heterocycles. The lowest BCUT2D eigenvalue weighted by atomic mass is 9.96. The molecular weight excluding hydrogens is 452 g/mol. The van der Waals surface area contributed by atoms with Crippen molar-refractivity contribution in [2.75, 3.05) is 29.9 Å². The molecule has 1 atom stereocenters. The average molecular weight is 479 g/mol. The second-order valence-electron chi connectivity index (χ2n) is 8.21. The van der Waals surface area contributed by atoms with Gasteiger partial charge in [-0.05, 0) is 55.2 Å². The lowest BCUT2D eigenvalue weighted by Crippen LogP contribution is -2.40. The molecule has 2 heterocycles. The van der Waals surface area contributed by atoms with Crippen LogP contribution in [-0.2, 0) is 9.53 Å². The van der Waals surface area contributed by atoms with Crippen LogP contribution in [0.25, 0.3) is 0 Å². The highest BCUT2D eigenvalue weighted by atomic mass is 35.5. The summed E-state index contributed by atoms with van der Waals surface area (Å²) in [4.78, 5) is 32.0. The summed E-state index contributed by atoms with van der Waals surface area (Å²) in [5.41, 5.74) is 2.31. The van der Waals surface area contributed by atoms with Gasteiger partial charge in [-0.3, -0.25) is 15.1 Å². The second kappa shape index (κ2) is 11.5. The van der Waals surface area contributed by atoms with E-state index in [4.69, 9.17) is 16.3 Å². The maximum atomic E-state index is 13.1. The minimum Gasteiger partial charge on any atom is -0.431 e. The third kappa shape index (κ3) is 6.48. The van der Waals surface area contributed by atoms with Gasteiger partial charge in [0.15, 0.2) is 0 Å². The lowest BCUT2D eigenvalue weighted by Gasteiger charge is -2.33. The Bertz CT molecular complexity index is 1070. The zero-order valence-corrected chi connectivity index (χ0v) is 19.4. The summed E-state index contributed by atoms with van der Waals surface area (Å²) >= 11 is 5.89. The molecule has 0 radical (unpaired) electrons. The number of nitrogens with zero attached hydrogens (tertiary/aromatic N) is 2. The van der Waals surface area contributed by atoms with E-state index in [0.717, 1.165) is 25.9 Å². The molecule has 1 aliphatic heterocycles. The Hall–Kier alpha value is -3.58. The Morgan fingerprint density at radius 2 is 1.68 bits per heavy atom. The summed E-state index contributed by atoms with van der Waals surface area (Å²) in [6, 6.07) is 19.7. The fourth-order valence-electron chi connectivity index (χ4n) is 3.98. The highest BCUT2D eigenvalue weighted by molar-refractivity contribution is 6.30. The summed E-state index contributed by atoms with van der Waals surface area (Å²) in [6.45, 7) is 2.38. The van der Waals surface area contributed by atoms with E-state index >= 15 is 0 Å². The van der Waals surface area contributed by atoms with Crippen LogP contribution in [0.5, 0.6) is 0 Å². The third-order valence-corrected chi connectivity index (χ3v) is 6.12. The molecule has 0 spiro atoms. The molecule has 34 heavy (non-hydrogen) atoms. The van der Waals surface area contributed by atoms with Crippen LogP contribution in [0.3, 0.4) is 0 Å². The number of pyridine rings is 1. The van der Waals surface area contributed by atoms with Gasteiger partial charge in [-0.2, -0.15) is 0 Å². The number of nitrogens with one attached hydrogen (secondary N) is 2. The quantitative estimate of drug-likeness (QED) is 0.496. The van der Waals surface area contributed by atoms with Gasteiger partial charge < -0.3 is 15.0 Å². The monoisotopic (exact) mass is 478 g/mol. The highest BCUT2D eigenvalue weighted by Crippen LogP contribution is 2.23. The Morgan fingerprint density at radius 1 is 1.00 bits per heavy atom. The van der Waals surface area contributed by atoms with Crippen molar-refractivity contribution >= 4 is 35.0 Å². The van der Waals surface area contributed by atoms with E-state index in [1.165, 1.54) is 5.69 Å². The predicted molar refractivity (Wildman–Crippen MR) is 133 cm³/mol. The molecule has 0 aliphatic carbocycles. The molecule has 2 aromatic carbocycles. The average Bonchev–Trinajstić information content (AvgIpc) is 2.88. The normalized spacial score (nSPS) is 14.8. The fraction of sp³-hybridized carbons (Fsp3) is 0.269. The second-order valence-corrected chi connectivity index (χ2v) is 8.65. The first-order chi connectivity index (χ1) is 16.6. The summed E-state index contributed by atoms with van der Waals surface area (Å²) in [5.74, 6) is 0.0235. The van der Waals surface area contributed by atoms with E-state index in [2.05, 4.69) is 20.5 Å². The van der Waals surface area contributed by atoms with Crippen LogP contribution in [0.15, 0.2) is 79.1 Å². The molecule has 1 saturated heterocycles. The van der Waals surface area contributed by atoms with Crippen molar-refractivity contribution in [1.29, 1.82) is 0 Å². The number of carbonyl (C=O) groups is 2. The molecule has 3 aromatic rings. The van der Waals surface area contributed by atoms with E-state index in [1.807, 2.05) is 30.3 Å². The number of amides is 2. The van der Waals surface area contributed by atoms with Crippen molar-refractivity contribution in [1.82, 2.24) is 10.3 Å². The summed E-state index contributed by atoms with van der Waals surface area (Å²) in [5, 5.41) is 6.19. The van der Waals surface area contributed by atoms with Gasteiger partial charge >= 0.3 is 6.09 Å². The number of aromatic nitrogens is 1. The van der Waals surface area contributed by atoms with Crippen LogP contribution in [0, 0.1) is 5.92 Å². The molecule has 2 amide bonds. The highest BCUT2D eigenvalue weighted by Gasteiger charge is 2.27. The van der Waals surface area contributed by atoms with E-state index < -0.39 is 12.2 Å². The van der Waals surface area contributed by atoms with Gasteiger partial charge in [-0.1, -0.05) is 41.9 Å². The first kappa shape index (κ1) is 23.6. The molecule has 1 fully saturated rings. The molecular formula is C26H27ClN4O3. The smallest absolute Gasteiger partial charge is 0.412 e. The number of hydrogen-bond donors (Lipinski definition) is 2. The number of rotatable bonds is 7. The maximum absolute atomic E-state index is 13.1. The van der Waals surface area contributed by atoms with Gasteiger partial charge in [-0.15, -0.1) is 0 Å².